The second-order valence-corrected chi connectivity index (χ2v) is 2.35. The summed E-state index contributed by atoms with van der Waals surface area (Å²) in [4.78, 5) is 14.1. The van der Waals surface area contributed by atoms with Crippen LogP contribution in [0, 0.1) is 6.92 Å². The highest BCUT2D eigenvalue weighted by molar-refractivity contribution is 5.75. The van der Waals surface area contributed by atoms with E-state index in [4.69, 9.17) is 5.11 Å². The van der Waals surface area contributed by atoms with Gasteiger partial charge in [-0.05, 0) is 13.8 Å². The van der Waals surface area contributed by atoms with Crippen LogP contribution in [-0.4, -0.2) is 27.3 Å². The first-order valence-corrected chi connectivity index (χ1v) is 3.39. The van der Waals surface area contributed by atoms with E-state index >= 15 is 0 Å². The number of aromatic nitrogens is 2. The minimum Gasteiger partial charge on any atom is -0.480 e. The van der Waals surface area contributed by atoms with Crippen LogP contribution in [0.5, 0.6) is 0 Å². The number of aryl methyl sites for hydroxylation is 1. The fourth-order valence-corrected chi connectivity index (χ4v) is 0.603. The van der Waals surface area contributed by atoms with Gasteiger partial charge in [0.05, 0.1) is 0 Å². The van der Waals surface area contributed by atoms with Crippen LogP contribution in [-0.2, 0) is 4.79 Å². The van der Waals surface area contributed by atoms with E-state index in [1.165, 1.54) is 6.92 Å². The van der Waals surface area contributed by atoms with Gasteiger partial charge in [0.15, 0.2) is 5.82 Å². The van der Waals surface area contributed by atoms with Gasteiger partial charge in [-0.2, -0.15) is 4.98 Å². The second-order valence-electron chi connectivity index (χ2n) is 2.35. The molecule has 1 heterocycles. The van der Waals surface area contributed by atoms with E-state index in [1.807, 2.05) is 0 Å². The molecule has 66 valence electrons. The summed E-state index contributed by atoms with van der Waals surface area (Å²) in [5, 5.41) is 14.5. The largest absolute Gasteiger partial charge is 0.480 e. The number of carboxylic acids is 1. The maximum absolute atomic E-state index is 10.4. The minimum absolute atomic E-state index is 0.127. The lowest BCUT2D eigenvalue weighted by Gasteiger charge is -2.03. The van der Waals surface area contributed by atoms with Crippen molar-refractivity contribution in [1.29, 1.82) is 0 Å². The third-order valence-electron chi connectivity index (χ3n) is 1.24. The van der Waals surface area contributed by atoms with E-state index in [0.717, 1.165) is 0 Å². The molecule has 1 aromatic heterocycles. The number of nitrogens with zero attached hydrogens (tertiary/aromatic N) is 2. The lowest BCUT2D eigenvalue weighted by Crippen LogP contribution is -2.25. The molecule has 0 bridgehead atoms. The lowest BCUT2D eigenvalue weighted by molar-refractivity contribution is -0.137. The Kier molecular flexibility index (Phi) is 2.27. The van der Waals surface area contributed by atoms with Crippen LogP contribution in [0.25, 0.3) is 0 Å². The molecule has 0 fully saturated rings. The van der Waals surface area contributed by atoms with Gasteiger partial charge < -0.3 is 14.9 Å². The van der Waals surface area contributed by atoms with Crippen molar-refractivity contribution in [1.82, 2.24) is 10.1 Å². The van der Waals surface area contributed by atoms with E-state index in [2.05, 4.69) is 20.0 Å². The Labute approximate surface area is 68.6 Å². The number of rotatable bonds is 3. The molecule has 1 aromatic rings. The van der Waals surface area contributed by atoms with Crippen LogP contribution >= 0.6 is 0 Å². The summed E-state index contributed by atoms with van der Waals surface area (Å²) >= 11 is 0. The van der Waals surface area contributed by atoms with Gasteiger partial charge in [0, 0.05) is 0 Å². The van der Waals surface area contributed by atoms with Crippen molar-refractivity contribution in [2.24, 2.45) is 0 Å². The van der Waals surface area contributed by atoms with Gasteiger partial charge in [-0.15, -0.1) is 0 Å². The summed E-state index contributed by atoms with van der Waals surface area (Å²) in [6, 6.07) is -0.604. The molecule has 1 unspecified atom stereocenters. The van der Waals surface area contributed by atoms with Crippen LogP contribution in [0.15, 0.2) is 4.52 Å². The molecule has 1 atom stereocenters. The van der Waals surface area contributed by atoms with Gasteiger partial charge in [-0.1, -0.05) is 5.16 Å². The Bertz CT molecular complexity index is 283. The van der Waals surface area contributed by atoms with Crippen LogP contribution < -0.4 is 5.32 Å². The monoisotopic (exact) mass is 171 g/mol. The Morgan fingerprint density at radius 2 is 2.42 bits per heavy atom. The molecule has 12 heavy (non-hydrogen) atoms. The molecule has 0 saturated carbocycles. The zero-order valence-electron chi connectivity index (χ0n) is 6.74. The molecule has 0 saturated heterocycles. The predicted molar refractivity (Wildman–Crippen MR) is 39.8 cm³/mol. The van der Waals surface area contributed by atoms with Gasteiger partial charge in [0.25, 0.3) is 0 Å². The molecule has 0 amide bonds. The van der Waals surface area contributed by atoms with Gasteiger partial charge >= 0.3 is 12.0 Å². The maximum atomic E-state index is 10.4. The third kappa shape index (κ3) is 1.94. The second kappa shape index (κ2) is 3.21. The Morgan fingerprint density at radius 3 is 2.83 bits per heavy atom. The number of nitrogens with one attached hydrogen (secondary N) is 1. The molecule has 2 N–H and O–H groups in total. The van der Waals surface area contributed by atoms with Crippen LogP contribution in [0.1, 0.15) is 12.7 Å². The minimum atomic E-state index is -0.967. The van der Waals surface area contributed by atoms with Crippen molar-refractivity contribution in [3.8, 4) is 0 Å². The van der Waals surface area contributed by atoms with E-state index in [9.17, 15) is 4.79 Å². The smallest absolute Gasteiger partial charge is 0.325 e. The Balaban J connectivity index is 2.58. The molecule has 6 heteroatoms. The molecule has 0 aliphatic carbocycles. The summed E-state index contributed by atoms with van der Waals surface area (Å²) in [5.74, 6) is -0.499. The Morgan fingerprint density at radius 1 is 1.75 bits per heavy atom. The maximum Gasteiger partial charge on any atom is 0.325 e. The highest BCUT2D eigenvalue weighted by Crippen LogP contribution is 2.03. The van der Waals surface area contributed by atoms with E-state index < -0.39 is 12.0 Å². The van der Waals surface area contributed by atoms with Gasteiger partial charge in [-0.25, -0.2) is 0 Å². The summed E-state index contributed by atoms with van der Waals surface area (Å²) < 4.78 is 4.65. The van der Waals surface area contributed by atoms with Gasteiger partial charge in [-0.3, -0.25) is 4.79 Å². The van der Waals surface area contributed by atoms with Gasteiger partial charge in [0.1, 0.15) is 6.04 Å². The molecular weight excluding hydrogens is 162 g/mol. The first-order valence-electron chi connectivity index (χ1n) is 3.39. The number of aliphatic carboxylic acids is 1. The molecule has 0 aliphatic rings. The fourth-order valence-electron chi connectivity index (χ4n) is 0.603. The molecule has 0 spiro atoms. The topological polar surface area (TPSA) is 88.2 Å². The summed E-state index contributed by atoms with van der Waals surface area (Å²) in [5.41, 5.74) is 0. The standard InChI is InChI=1S/C6H9N3O3/c1-3(5(10)11)7-6-8-4(2)9-12-6/h3H,1-2H3,(H,10,11)(H,7,8,9). The predicted octanol–water partition coefficient (Wildman–Crippen LogP) is 0.263. The highest BCUT2D eigenvalue weighted by Gasteiger charge is 2.13. The summed E-state index contributed by atoms with van der Waals surface area (Å²) in [6.45, 7) is 3.14. The van der Waals surface area contributed by atoms with Crippen molar-refractivity contribution in [3.63, 3.8) is 0 Å². The number of carbonyl (C=O) groups is 1. The van der Waals surface area contributed by atoms with Crippen LogP contribution in [0.2, 0.25) is 0 Å². The van der Waals surface area contributed by atoms with Crippen molar-refractivity contribution >= 4 is 12.0 Å². The van der Waals surface area contributed by atoms with Crippen molar-refractivity contribution < 1.29 is 14.4 Å². The highest BCUT2D eigenvalue weighted by atomic mass is 16.5. The van der Waals surface area contributed by atoms with Crippen LogP contribution in [0.3, 0.4) is 0 Å². The fraction of sp³-hybridized carbons (Fsp3) is 0.500. The zero-order chi connectivity index (χ0) is 9.14. The number of hydrogen-bond acceptors (Lipinski definition) is 5. The first kappa shape index (κ1) is 8.51. The van der Waals surface area contributed by atoms with Crippen molar-refractivity contribution in [2.45, 2.75) is 19.9 Å². The first-order chi connectivity index (χ1) is 5.59. The summed E-state index contributed by atoms with van der Waals surface area (Å²) in [7, 11) is 0. The average molecular weight is 171 g/mol. The van der Waals surface area contributed by atoms with E-state index in [-0.39, 0.29) is 6.01 Å². The third-order valence-corrected chi connectivity index (χ3v) is 1.24. The number of carboxylic acid groups (broad SMARTS) is 1. The summed E-state index contributed by atoms with van der Waals surface area (Å²) in [6.07, 6.45) is 0. The lowest BCUT2D eigenvalue weighted by atomic mass is 10.3. The van der Waals surface area contributed by atoms with Crippen molar-refractivity contribution in [3.05, 3.63) is 5.82 Å². The molecular formula is C6H9N3O3. The Hall–Kier alpha value is -1.59. The number of hydrogen-bond donors (Lipinski definition) is 2. The van der Waals surface area contributed by atoms with Crippen molar-refractivity contribution in [2.75, 3.05) is 5.32 Å². The normalized spacial score (nSPS) is 12.5. The molecule has 0 aromatic carbocycles. The molecule has 0 aliphatic heterocycles. The zero-order valence-corrected chi connectivity index (χ0v) is 6.74. The quantitative estimate of drug-likeness (QED) is 0.678. The van der Waals surface area contributed by atoms with Crippen LogP contribution in [0.4, 0.5) is 6.01 Å². The van der Waals surface area contributed by atoms with Gasteiger partial charge in [0.2, 0.25) is 0 Å². The average Bonchev–Trinajstić information content (AvgIpc) is 2.35. The number of anilines is 1. The molecule has 1 rings (SSSR count). The SMILES string of the molecule is Cc1noc(NC(C)C(=O)O)n1. The van der Waals surface area contributed by atoms with E-state index in [0.29, 0.717) is 5.82 Å². The van der Waals surface area contributed by atoms with E-state index in [1.54, 1.807) is 6.92 Å². The molecule has 0 radical (unpaired) electrons. The molecule has 6 nitrogen and oxygen atoms in total.